The number of carbonyl (C=O) groups excluding carboxylic acids is 1. The average Bonchev–Trinajstić information content (AvgIpc) is 2.51. The van der Waals surface area contributed by atoms with E-state index in [2.05, 4.69) is 0 Å². The predicted molar refractivity (Wildman–Crippen MR) is 39.8 cm³/mol. The van der Waals surface area contributed by atoms with Gasteiger partial charge in [0.05, 0.1) is 6.26 Å². The summed E-state index contributed by atoms with van der Waals surface area (Å²) in [6, 6.07) is 3.02. The fourth-order valence-corrected chi connectivity index (χ4v) is 0.648. The third-order valence-electron chi connectivity index (χ3n) is 1.14. The Hall–Kier alpha value is -1.84. The maximum Gasteiger partial charge on any atom is 0.328 e. The highest BCUT2D eigenvalue weighted by atomic mass is 16.4. The Morgan fingerprint density at radius 2 is 2.17 bits per heavy atom. The monoisotopic (exact) mass is 166 g/mol. The van der Waals surface area contributed by atoms with Gasteiger partial charge in [0.1, 0.15) is 0 Å². The molecule has 0 atom stereocenters. The Morgan fingerprint density at radius 1 is 1.42 bits per heavy atom. The maximum absolute atomic E-state index is 11.0. The molecule has 0 aromatic carbocycles. The predicted octanol–water partition coefficient (Wildman–Crippen LogP) is 1.10. The first-order valence-electron chi connectivity index (χ1n) is 3.19. The number of hydrogen-bond acceptors (Lipinski definition) is 3. The molecule has 1 aromatic heterocycles. The Kier molecular flexibility index (Phi) is 2.42. The lowest BCUT2D eigenvalue weighted by Crippen LogP contribution is -1.94. The molecule has 1 heterocycles. The minimum Gasteiger partial charge on any atom is -0.478 e. The number of carbonyl (C=O) groups is 2. The second-order valence-electron chi connectivity index (χ2n) is 2.01. The zero-order valence-electron chi connectivity index (χ0n) is 6.06. The largest absolute Gasteiger partial charge is 0.478 e. The molecule has 1 N–H and O–H groups in total. The van der Waals surface area contributed by atoms with Gasteiger partial charge in [0, 0.05) is 6.08 Å². The molecule has 4 heteroatoms. The molecule has 0 unspecified atom stereocenters. The second-order valence-corrected chi connectivity index (χ2v) is 2.01. The van der Waals surface area contributed by atoms with Crippen LogP contribution in [0.2, 0.25) is 0 Å². The summed E-state index contributed by atoms with van der Waals surface area (Å²) in [4.78, 5) is 21.0. The Balaban J connectivity index is 2.68. The van der Waals surface area contributed by atoms with Gasteiger partial charge in [-0.3, -0.25) is 4.79 Å². The lowest BCUT2D eigenvalue weighted by atomic mass is 10.3. The van der Waals surface area contributed by atoms with Gasteiger partial charge in [-0.25, -0.2) is 4.79 Å². The van der Waals surface area contributed by atoms with Crippen LogP contribution in [-0.2, 0) is 4.79 Å². The van der Waals surface area contributed by atoms with Crippen LogP contribution in [0.15, 0.2) is 35.0 Å². The van der Waals surface area contributed by atoms with Gasteiger partial charge in [-0.2, -0.15) is 0 Å². The quantitative estimate of drug-likeness (QED) is 0.539. The van der Waals surface area contributed by atoms with E-state index in [4.69, 9.17) is 9.52 Å². The molecule has 62 valence electrons. The molecule has 0 amide bonds. The first-order chi connectivity index (χ1) is 5.70. The maximum atomic E-state index is 11.0. The van der Waals surface area contributed by atoms with Crippen LogP contribution >= 0.6 is 0 Å². The summed E-state index contributed by atoms with van der Waals surface area (Å²) in [7, 11) is 0. The molecule has 12 heavy (non-hydrogen) atoms. The molecular weight excluding hydrogens is 160 g/mol. The van der Waals surface area contributed by atoms with Crippen molar-refractivity contribution >= 4 is 11.8 Å². The highest BCUT2D eigenvalue weighted by molar-refractivity contribution is 6.04. The molecule has 1 rings (SSSR count). The number of carboxylic acid groups (broad SMARTS) is 1. The fraction of sp³-hybridized carbons (Fsp3) is 0. The SMILES string of the molecule is O=C(O)C=CC(=O)c1ccco1. The van der Waals surface area contributed by atoms with Crippen molar-refractivity contribution in [1.29, 1.82) is 0 Å². The van der Waals surface area contributed by atoms with Crippen LogP contribution in [0.4, 0.5) is 0 Å². The van der Waals surface area contributed by atoms with Gasteiger partial charge >= 0.3 is 5.97 Å². The van der Waals surface area contributed by atoms with E-state index in [1.165, 1.54) is 12.3 Å². The Labute approximate surface area is 68.1 Å². The molecule has 0 aliphatic carbocycles. The smallest absolute Gasteiger partial charge is 0.328 e. The average molecular weight is 166 g/mol. The van der Waals surface area contributed by atoms with E-state index < -0.39 is 11.8 Å². The summed E-state index contributed by atoms with van der Waals surface area (Å²) in [5.74, 6) is -1.48. The van der Waals surface area contributed by atoms with E-state index >= 15 is 0 Å². The summed E-state index contributed by atoms with van der Waals surface area (Å²) in [6.45, 7) is 0. The Bertz CT molecular complexity index is 308. The van der Waals surface area contributed by atoms with Crippen molar-refractivity contribution < 1.29 is 19.1 Å². The molecular formula is C8H6O4. The molecule has 0 radical (unpaired) electrons. The van der Waals surface area contributed by atoms with Gasteiger partial charge < -0.3 is 9.52 Å². The summed E-state index contributed by atoms with van der Waals surface area (Å²) >= 11 is 0. The van der Waals surface area contributed by atoms with Crippen LogP contribution in [0.5, 0.6) is 0 Å². The number of carboxylic acids is 1. The van der Waals surface area contributed by atoms with Crippen LogP contribution in [-0.4, -0.2) is 16.9 Å². The molecule has 0 spiro atoms. The van der Waals surface area contributed by atoms with E-state index in [1.807, 2.05) is 0 Å². The lowest BCUT2D eigenvalue weighted by molar-refractivity contribution is -0.131. The van der Waals surface area contributed by atoms with Gasteiger partial charge in [-0.05, 0) is 18.2 Å². The van der Waals surface area contributed by atoms with Crippen molar-refractivity contribution in [3.63, 3.8) is 0 Å². The molecule has 4 nitrogen and oxygen atoms in total. The van der Waals surface area contributed by atoms with Crippen LogP contribution in [0.3, 0.4) is 0 Å². The first kappa shape index (κ1) is 8.26. The lowest BCUT2D eigenvalue weighted by Gasteiger charge is -1.84. The summed E-state index contributed by atoms with van der Waals surface area (Å²) in [5, 5.41) is 8.19. The standard InChI is InChI=1S/C8H6O4/c9-6(3-4-8(10)11)7-2-1-5-12-7/h1-5H,(H,10,11). The highest BCUT2D eigenvalue weighted by Crippen LogP contribution is 2.01. The third kappa shape index (κ3) is 2.09. The van der Waals surface area contributed by atoms with Crippen molar-refractivity contribution in [1.82, 2.24) is 0 Å². The topological polar surface area (TPSA) is 67.5 Å². The van der Waals surface area contributed by atoms with Gasteiger partial charge in [-0.1, -0.05) is 0 Å². The van der Waals surface area contributed by atoms with E-state index in [9.17, 15) is 9.59 Å². The summed E-state index contributed by atoms with van der Waals surface area (Å²) in [6.07, 6.45) is 3.06. The van der Waals surface area contributed by atoms with Gasteiger partial charge in [0.25, 0.3) is 0 Å². The minimum absolute atomic E-state index is 0.132. The van der Waals surface area contributed by atoms with Crippen LogP contribution in [0.1, 0.15) is 10.6 Å². The van der Waals surface area contributed by atoms with E-state index in [1.54, 1.807) is 6.07 Å². The normalized spacial score (nSPS) is 10.3. The number of rotatable bonds is 3. The van der Waals surface area contributed by atoms with E-state index in [0.29, 0.717) is 0 Å². The minimum atomic E-state index is -1.16. The summed E-state index contributed by atoms with van der Waals surface area (Å²) < 4.78 is 4.73. The zero-order chi connectivity index (χ0) is 8.97. The van der Waals surface area contributed by atoms with Crippen molar-refractivity contribution in [2.45, 2.75) is 0 Å². The number of allylic oxidation sites excluding steroid dienone is 1. The molecule has 0 saturated carbocycles. The van der Waals surface area contributed by atoms with Crippen molar-refractivity contribution in [2.24, 2.45) is 0 Å². The first-order valence-corrected chi connectivity index (χ1v) is 3.19. The molecule has 0 saturated heterocycles. The van der Waals surface area contributed by atoms with Gasteiger partial charge in [0.2, 0.25) is 5.78 Å². The molecule has 0 aliphatic rings. The van der Waals surface area contributed by atoms with E-state index in [-0.39, 0.29) is 5.76 Å². The summed E-state index contributed by atoms with van der Waals surface area (Å²) in [5.41, 5.74) is 0. The molecule has 0 bridgehead atoms. The number of furan rings is 1. The van der Waals surface area contributed by atoms with Gasteiger partial charge in [0.15, 0.2) is 5.76 Å². The van der Waals surface area contributed by atoms with Crippen molar-refractivity contribution in [2.75, 3.05) is 0 Å². The Morgan fingerprint density at radius 3 is 2.67 bits per heavy atom. The van der Waals surface area contributed by atoms with Crippen molar-refractivity contribution in [3.8, 4) is 0 Å². The van der Waals surface area contributed by atoms with Crippen LogP contribution < -0.4 is 0 Å². The number of aliphatic carboxylic acids is 1. The molecule has 0 fully saturated rings. The van der Waals surface area contributed by atoms with Gasteiger partial charge in [-0.15, -0.1) is 0 Å². The number of hydrogen-bond donors (Lipinski definition) is 1. The van der Waals surface area contributed by atoms with Crippen molar-refractivity contribution in [3.05, 3.63) is 36.3 Å². The van der Waals surface area contributed by atoms with Crippen LogP contribution in [0, 0.1) is 0 Å². The van der Waals surface area contributed by atoms with E-state index in [0.717, 1.165) is 12.2 Å². The number of ketones is 1. The fourth-order valence-electron chi connectivity index (χ4n) is 0.648. The zero-order valence-corrected chi connectivity index (χ0v) is 6.06. The second kappa shape index (κ2) is 3.52. The molecule has 0 aliphatic heterocycles. The van der Waals surface area contributed by atoms with Crippen LogP contribution in [0.25, 0.3) is 0 Å². The third-order valence-corrected chi connectivity index (χ3v) is 1.14. The molecule has 1 aromatic rings. The highest BCUT2D eigenvalue weighted by Gasteiger charge is 2.03.